The van der Waals surface area contributed by atoms with Gasteiger partial charge in [0.2, 0.25) is 0 Å². The van der Waals surface area contributed by atoms with Crippen LogP contribution in [0.1, 0.15) is 11.7 Å². The first-order chi connectivity index (χ1) is 10.1. The lowest BCUT2D eigenvalue weighted by atomic mass is 9.96. The first-order valence-electron chi connectivity index (χ1n) is 6.64. The van der Waals surface area contributed by atoms with Crippen molar-refractivity contribution in [3.05, 3.63) is 33.8 Å². The van der Waals surface area contributed by atoms with Gasteiger partial charge in [-0.25, -0.2) is 4.79 Å². The van der Waals surface area contributed by atoms with Gasteiger partial charge in [0.15, 0.2) is 0 Å². The molecule has 0 aliphatic carbocycles. The van der Waals surface area contributed by atoms with Crippen molar-refractivity contribution in [2.24, 2.45) is 5.92 Å². The van der Waals surface area contributed by atoms with E-state index in [2.05, 4.69) is 5.32 Å². The van der Waals surface area contributed by atoms with E-state index in [1.807, 2.05) is 6.07 Å². The Hall–Kier alpha value is -0.850. The number of hydrogen-bond donors (Lipinski definition) is 2. The van der Waals surface area contributed by atoms with Crippen molar-refractivity contribution >= 4 is 29.2 Å². The Morgan fingerprint density at radius 1 is 1.43 bits per heavy atom. The van der Waals surface area contributed by atoms with Crippen LogP contribution in [0.4, 0.5) is 0 Å². The zero-order valence-electron chi connectivity index (χ0n) is 11.4. The summed E-state index contributed by atoms with van der Waals surface area (Å²) in [7, 11) is 0. The minimum absolute atomic E-state index is 0.00379. The molecule has 1 aliphatic heterocycles. The summed E-state index contributed by atoms with van der Waals surface area (Å²) in [6.45, 7) is 1.98. The molecule has 1 aromatic carbocycles. The predicted octanol–water partition coefficient (Wildman–Crippen LogP) is 2.37. The Morgan fingerprint density at radius 2 is 2.24 bits per heavy atom. The molecule has 1 fully saturated rings. The van der Waals surface area contributed by atoms with Gasteiger partial charge in [-0.1, -0.05) is 29.3 Å². The van der Waals surface area contributed by atoms with Crippen LogP contribution in [0.5, 0.6) is 0 Å². The van der Waals surface area contributed by atoms with E-state index in [9.17, 15) is 4.79 Å². The van der Waals surface area contributed by atoms with Crippen molar-refractivity contribution in [2.45, 2.75) is 6.10 Å². The third kappa shape index (κ3) is 4.83. The zero-order valence-corrected chi connectivity index (χ0v) is 12.9. The van der Waals surface area contributed by atoms with E-state index in [4.69, 9.17) is 37.8 Å². The number of benzene rings is 1. The number of carboxylic acids is 1. The molecule has 0 spiro atoms. The molecule has 0 radical (unpaired) electrons. The maximum atomic E-state index is 10.5. The summed E-state index contributed by atoms with van der Waals surface area (Å²) in [5.41, 5.74) is 0.914. The second kappa shape index (κ2) is 7.96. The molecule has 7 heteroatoms. The van der Waals surface area contributed by atoms with Crippen LogP contribution in [-0.2, 0) is 14.3 Å². The van der Waals surface area contributed by atoms with Crippen LogP contribution in [0.3, 0.4) is 0 Å². The highest BCUT2D eigenvalue weighted by Gasteiger charge is 2.27. The molecule has 5 nitrogen and oxygen atoms in total. The van der Waals surface area contributed by atoms with E-state index in [0.717, 1.165) is 12.1 Å². The summed E-state index contributed by atoms with van der Waals surface area (Å²) in [5.74, 6) is -0.979. The number of rotatable bonds is 5. The first kappa shape index (κ1) is 16.5. The number of hydrogen-bond acceptors (Lipinski definition) is 4. The molecule has 0 bridgehead atoms. The molecule has 1 saturated heterocycles. The van der Waals surface area contributed by atoms with E-state index in [1.165, 1.54) is 0 Å². The molecule has 1 heterocycles. The summed E-state index contributed by atoms with van der Waals surface area (Å²) in [6, 6.07) is 5.38. The molecule has 1 aromatic rings. The molecule has 2 N–H and O–H groups in total. The average Bonchev–Trinajstić information content (AvgIpc) is 2.67. The van der Waals surface area contributed by atoms with Gasteiger partial charge in [-0.3, -0.25) is 0 Å². The van der Waals surface area contributed by atoms with Crippen molar-refractivity contribution in [1.29, 1.82) is 0 Å². The van der Waals surface area contributed by atoms with Crippen LogP contribution in [-0.4, -0.2) is 44.0 Å². The first-order valence-corrected chi connectivity index (χ1v) is 7.40. The van der Waals surface area contributed by atoms with Crippen LogP contribution >= 0.6 is 23.2 Å². The second-order valence-electron chi connectivity index (χ2n) is 4.84. The molecule has 2 atom stereocenters. The van der Waals surface area contributed by atoms with E-state index in [0.29, 0.717) is 29.8 Å². The fourth-order valence-corrected chi connectivity index (χ4v) is 2.60. The molecule has 0 saturated carbocycles. The average molecular weight is 334 g/mol. The number of halogens is 2. The van der Waals surface area contributed by atoms with Gasteiger partial charge in [0, 0.05) is 19.0 Å². The van der Waals surface area contributed by atoms with Gasteiger partial charge in [-0.2, -0.15) is 0 Å². The minimum atomic E-state index is -0.983. The minimum Gasteiger partial charge on any atom is -0.480 e. The number of aliphatic carboxylic acids is 1. The lowest BCUT2D eigenvalue weighted by Gasteiger charge is -2.25. The van der Waals surface area contributed by atoms with Crippen molar-refractivity contribution in [3.63, 3.8) is 0 Å². The van der Waals surface area contributed by atoms with Gasteiger partial charge in [0.1, 0.15) is 6.61 Å². The summed E-state index contributed by atoms with van der Waals surface area (Å²) in [4.78, 5) is 10.5. The largest absolute Gasteiger partial charge is 0.480 e. The van der Waals surface area contributed by atoms with Gasteiger partial charge in [0.25, 0.3) is 0 Å². The van der Waals surface area contributed by atoms with Crippen molar-refractivity contribution in [1.82, 2.24) is 5.32 Å². The molecule has 0 aromatic heterocycles. The lowest BCUT2D eigenvalue weighted by molar-refractivity contribution is -0.143. The van der Waals surface area contributed by atoms with Crippen LogP contribution in [0, 0.1) is 5.92 Å². The normalized spacial score (nSPS) is 22.8. The third-order valence-corrected chi connectivity index (χ3v) is 3.98. The molecular formula is C14H17Cl2NO4. The number of carbonyl (C=O) groups is 1. The lowest BCUT2D eigenvalue weighted by Crippen LogP contribution is -2.29. The monoisotopic (exact) mass is 333 g/mol. The summed E-state index contributed by atoms with van der Waals surface area (Å²) < 4.78 is 11.1. The van der Waals surface area contributed by atoms with E-state index >= 15 is 0 Å². The van der Waals surface area contributed by atoms with Gasteiger partial charge >= 0.3 is 5.97 Å². The van der Waals surface area contributed by atoms with Crippen LogP contribution in [0.15, 0.2) is 18.2 Å². The number of ether oxygens (including phenoxy) is 2. The molecule has 0 amide bonds. The Balaban J connectivity index is 2.10. The molecule has 21 heavy (non-hydrogen) atoms. The van der Waals surface area contributed by atoms with Gasteiger partial charge in [-0.05, 0) is 17.7 Å². The third-order valence-electron chi connectivity index (χ3n) is 3.24. The Kier molecular flexibility index (Phi) is 6.26. The fourth-order valence-electron chi connectivity index (χ4n) is 2.29. The van der Waals surface area contributed by atoms with Gasteiger partial charge in [-0.15, -0.1) is 0 Å². The Bertz CT molecular complexity index is 498. The zero-order chi connectivity index (χ0) is 15.2. The fraction of sp³-hybridized carbons (Fsp3) is 0.500. The van der Waals surface area contributed by atoms with E-state index < -0.39 is 5.97 Å². The van der Waals surface area contributed by atoms with Crippen LogP contribution in [0.2, 0.25) is 10.0 Å². The summed E-state index contributed by atoms with van der Waals surface area (Å²) in [6.07, 6.45) is -0.205. The molecule has 2 rings (SSSR count). The smallest absolute Gasteiger partial charge is 0.329 e. The summed E-state index contributed by atoms with van der Waals surface area (Å²) >= 11 is 12.0. The standard InChI is InChI=1S/C14H17Cl2NO4/c15-11-2-1-9(5-12(11)16)14-10(6-17-3-4-21-14)7-20-8-13(18)19/h1-2,5,10,14,17H,3-4,6-8H2,(H,18,19)/t10-,14+/m1/s1. The molecule has 1 aliphatic rings. The maximum absolute atomic E-state index is 10.5. The molecule has 116 valence electrons. The topological polar surface area (TPSA) is 67.8 Å². The second-order valence-corrected chi connectivity index (χ2v) is 5.65. The van der Waals surface area contributed by atoms with Gasteiger partial charge in [0.05, 0.1) is 29.4 Å². The van der Waals surface area contributed by atoms with Crippen LogP contribution in [0.25, 0.3) is 0 Å². The predicted molar refractivity (Wildman–Crippen MR) is 80.0 cm³/mol. The molecular weight excluding hydrogens is 317 g/mol. The van der Waals surface area contributed by atoms with E-state index in [-0.39, 0.29) is 18.6 Å². The number of nitrogens with one attached hydrogen (secondary N) is 1. The number of carboxylic acid groups (broad SMARTS) is 1. The maximum Gasteiger partial charge on any atom is 0.329 e. The van der Waals surface area contributed by atoms with Gasteiger partial charge < -0.3 is 19.9 Å². The van der Waals surface area contributed by atoms with E-state index in [1.54, 1.807) is 12.1 Å². The van der Waals surface area contributed by atoms with Crippen molar-refractivity contribution in [3.8, 4) is 0 Å². The van der Waals surface area contributed by atoms with Crippen molar-refractivity contribution in [2.75, 3.05) is 32.9 Å². The highest BCUT2D eigenvalue weighted by Crippen LogP contribution is 2.32. The Labute approximate surface area is 133 Å². The Morgan fingerprint density at radius 3 is 2.95 bits per heavy atom. The highest BCUT2D eigenvalue weighted by molar-refractivity contribution is 6.42. The highest BCUT2D eigenvalue weighted by atomic mass is 35.5. The molecule has 0 unspecified atom stereocenters. The summed E-state index contributed by atoms with van der Waals surface area (Å²) in [5, 5.41) is 12.9. The quantitative estimate of drug-likeness (QED) is 0.865. The SMILES string of the molecule is O=C(O)COC[C@H]1CNCCO[C@H]1c1ccc(Cl)c(Cl)c1. The van der Waals surface area contributed by atoms with Crippen LogP contribution < -0.4 is 5.32 Å². The van der Waals surface area contributed by atoms with Crippen molar-refractivity contribution < 1.29 is 19.4 Å².